The highest BCUT2D eigenvalue weighted by Crippen LogP contribution is 2.14. The molecule has 0 saturated heterocycles. The SMILES string of the molecule is CCCCCOCC(C)(C)CNCCC. The minimum atomic E-state index is 0.265. The van der Waals surface area contributed by atoms with Crippen molar-refractivity contribution in [1.82, 2.24) is 5.32 Å². The van der Waals surface area contributed by atoms with Gasteiger partial charge in [-0.15, -0.1) is 0 Å². The van der Waals surface area contributed by atoms with Gasteiger partial charge in [0.15, 0.2) is 0 Å². The van der Waals surface area contributed by atoms with Crippen molar-refractivity contribution in [3.05, 3.63) is 0 Å². The van der Waals surface area contributed by atoms with Crippen LogP contribution in [0.4, 0.5) is 0 Å². The second-order valence-electron chi connectivity index (χ2n) is 5.10. The zero-order valence-electron chi connectivity index (χ0n) is 11.1. The molecule has 0 unspecified atom stereocenters. The smallest absolute Gasteiger partial charge is 0.0529 e. The lowest BCUT2D eigenvalue weighted by Gasteiger charge is -2.24. The van der Waals surface area contributed by atoms with Crippen LogP contribution in [0.1, 0.15) is 53.4 Å². The molecule has 0 aliphatic heterocycles. The van der Waals surface area contributed by atoms with E-state index >= 15 is 0 Å². The second-order valence-corrected chi connectivity index (χ2v) is 5.10. The molecule has 0 radical (unpaired) electrons. The molecular formula is C13H29NO. The van der Waals surface area contributed by atoms with Crippen molar-refractivity contribution >= 4 is 0 Å². The van der Waals surface area contributed by atoms with Crippen LogP contribution in [0, 0.1) is 5.41 Å². The Hall–Kier alpha value is -0.0800. The summed E-state index contributed by atoms with van der Waals surface area (Å²) in [4.78, 5) is 0. The molecule has 0 aliphatic rings. The van der Waals surface area contributed by atoms with Gasteiger partial charge in [0, 0.05) is 18.6 Å². The fourth-order valence-electron chi connectivity index (χ4n) is 1.46. The summed E-state index contributed by atoms with van der Waals surface area (Å²) >= 11 is 0. The first kappa shape index (κ1) is 14.9. The summed E-state index contributed by atoms with van der Waals surface area (Å²) in [5.41, 5.74) is 0.265. The van der Waals surface area contributed by atoms with Crippen LogP contribution in [-0.2, 0) is 4.74 Å². The van der Waals surface area contributed by atoms with Gasteiger partial charge < -0.3 is 10.1 Å². The number of hydrogen-bond donors (Lipinski definition) is 1. The van der Waals surface area contributed by atoms with Gasteiger partial charge in [-0.2, -0.15) is 0 Å². The van der Waals surface area contributed by atoms with Gasteiger partial charge in [0.25, 0.3) is 0 Å². The van der Waals surface area contributed by atoms with E-state index in [0.717, 1.165) is 26.3 Å². The molecule has 0 fully saturated rings. The molecule has 2 heteroatoms. The molecule has 15 heavy (non-hydrogen) atoms. The molecule has 0 aromatic heterocycles. The van der Waals surface area contributed by atoms with E-state index in [-0.39, 0.29) is 5.41 Å². The van der Waals surface area contributed by atoms with E-state index in [1.807, 2.05) is 0 Å². The maximum atomic E-state index is 5.69. The number of unbranched alkanes of at least 4 members (excludes halogenated alkanes) is 2. The Morgan fingerprint density at radius 2 is 1.80 bits per heavy atom. The van der Waals surface area contributed by atoms with Gasteiger partial charge in [0.2, 0.25) is 0 Å². The third kappa shape index (κ3) is 10.2. The summed E-state index contributed by atoms with van der Waals surface area (Å²) in [7, 11) is 0. The number of hydrogen-bond acceptors (Lipinski definition) is 2. The molecule has 1 N–H and O–H groups in total. The Labute approximate surface area is 95.8 Å². The molecule has 2 nitrogen and oxygen atoms in total. The standard InChI is InChI=1S/C13H29NO/c1-5-7-8-10-15-12-13(3,4)11-14-9-6-2/h14H,5-12H2,1-4H3. The summed E-state index contributed by atoms with van der Waals surface area (Å²) in [6.45, 7) is 12.9. The lowest BCUT2D eigenvalue weighted by atomic mass is 9.95. The predicted octanol–water partition coefficient (Wildman–Crippen LogP) is 3.22. The van der Waals surface area contributed by atoms with E-state index in [1.165, 1.54) is 25.7 Å². The summed E-state index contributed by atoms with van der Waals surface area (Å²) in [5, 5.41) is 3.45. The fraction of sp³-hybridized carbons (Fsp3) is 1.00. The molecule has 0 bridgehead atoms. The number of nitrogens with one attached hydrogen (secondary N) is 1. The van der Waals surface area contributed by atoms with Crippen LogP contribution < -0.4 is 5.32 Å². The highest BCUT2D eigenvalue weighted by Gasteiger charge is 2.16. The van der Waals surface area contributed by atoms with E-state index in [9.17, 15) is 0 Å². The lowest BCUT2D eigenvalue weighted by Crippen LogP contribution is -2.33. The van der Waals surface area contributed by atoms with E-state index in [0.29, 0.717) is 0 Å². The van der Waals surface area contributed by atoms with Gasteiger partial charge >= 0.3 is 0 Å². The van der Waals surface area contributed by atoms with Gasteiger partial charge in [0.05, 0.1) is 6.61 Å². The summed E-state index contributed by atoms with van der Waals surface area (Å²) in [6.07, 6.45) is 4.96. The maximum absolute atomic E-state index is 5.69. The first-order valence-corrected chi connectivity index (χ1v) is 6.41. The zero-order chi connectivity index (χ0) is 11.6. The largest absolute Gasteiger partial charge is 0.381 e. The third-order valence-corrected chi connectivity index (χ3v) is 2.42. The number of ether oxygens (including phenoxy) is 1. The first-order chi connectivity index (χ1) is 7.12. The molecule has 0 spiro atoms. The van der Waals surface area contributed by atoms with Crippen molar-refractivity contribution in [2.45, 2.75) is 53.4 Å². The van der Waals surface area contributed by atoms with Crippen LogP contribution >= 0.6 is 0 Å². The highest BCUT2D eigenvalue weighted by molar-refractivity contribution is 4.70. The van der Waals surface area contributed by atoms with Crippen LogP contribution in [0.3, 0.4) is 0 Å². The van der Waals surface area contributed by atoms with Crippen LogP contribution in [0.5, 0.6) is 0 Å². The van der Waals surface area contributed by atoms with E-state index in [1.54, 1.807) is 0 Å². The first-order valence-electron chi connectivity index (χ1n) is 6.41. The molecule has 0 atom stereocenters. The molecule has 0 amide bonds. The number of rotatable bonds is 10. The van der Waals surface area contributed by atoms with E-state index < -0.39 is 0 Å². The average molecular weight is 215 g/mol. The van der Waals surface area contributed by atoms with Crippen molar-refractivity contribution in [3.63, 3.8) is 0 Å². The van der Waals surface area contributed by atoms with Crippen molar-refractivity contribution in [2.75, 3.05) is 26.3 Å². The molecule has 0 saturated carbocycles. The second kappa shape index (κ2) is 9.17. The van der Waals surface area contributed by atoms with Crippen LogP contribution in [0.25, 0.3) is 0 Å². The quantitative estimate of drug-likeness (QED) is 0.565. The Bertz CT molecular complexity index is 134. The van der Waals surface area contributed by atoms with Crippen molar-refractivity contribution in [2.24, 2.45) is 5.41 Å². The Balaban J connectivity index is 3.38. The van der Waals surface area contributed by atoms with E-state index in [2.05, 4.69) is 33.0 Å². The van der Waals surface area contributed by atoms with Crippen LogP contribution in [-0.4, -0.2) is 26.3 Å². The van der Waals surface area contributed by atoms with Crippen molar-refractivity contribution < 1.29 is 4.74 Å². The molecule has 0 aliphatic carbocycles. The Morgan fingerprint density at radius 1 is 1.07 bits per heavy atom. The Morgan fingerprint density at radius 3 is 2.40 bits per heavy atom. The topological polar surface area (TPSA) is 21.3 Å². The molecular weight excluding hydrogens is 186 g/mol. The molecule has 0 rings (SSSR count). The minimum absolute atomic E-state index is 0.265. The Kier molecular flexibility index (Phi) is 9.12. The summed E-state index contributed by atoms with van der Waals surface area (Å²) in [5.74, 6) is 0. The fourth-order valence-corrected chi connectivity index (χ4v) is 1.46. The van der Waals surface area contributed by atoms with Crippen LogP contribution in [0.15, 0.2) is 0 Å². The van der Waals surface area contributed by atoms with Gasteiger partial charge in [-0.05, 0) is 19.4 Å². The molecule has 0 aromatic carbocycles. The van der Waals surface area contributed by atoms with Crippen molar-refractivity contribution in [1.29, 1.82) is 0 Å². The zero-order valence-corrected chi connectivity index (χ0v) is 11.1. The summed E-state index contributed by atoms with van der Waals surface area (Å²) < 4.78 is 5.69. The normalized spacial score (nSPS) is 12.0. The molecule has 0 heterocycles. The van der Waals surface area contributed by atoms with Crippen LogP contribution in [0.2, 0.25) is 0 Å². The average Bonchev–Trinajstić information content (AvgIpc) is 2.17. The van der Waals surface area contributed by atoms with Gasteiger partial charge in [0.1, 0.15) is 0 Å². The predicted molar refractivity (Wildman–Crippen MR) is 67.3 cm³/mol. The van der Waals surface area contributed by atoms with Crippen molar-refractivity contribution in [3.8, 4) is 0 Å². The third-order valence-electron chi connectivity index (χ3n) is 2.42. The monoisotopic (exact) mass is 215 g/mol. The maximum Gasteiger partial charge on any atom is 0.0529 e. The van der Waals surface area contributed by atoms with Gasteiger partial charge in [-0.3, -0.25) is 0 Å². The van der Waals surface area contributed by atoms with E-state index in [4.69, 9.17) is 4.74 Å². The molecule has 0 aromatic rings. The highest BCUT2D eigenvalue weighted by atomic mass is 16.5. The summed E-state index contributed by atoms with van der Waals surface area (Å²) in [6, 6.07) is 0. The minimum Gasteiger partial charge on any atom is -0.381 e. The molecule has 92 valence electrons. The lowest BCUT2D eigenvalue weighted by molar-refractivity contribution is 0.0599. The van der Waals surface area contributed by atoms with Gasteiger partial charge in [-0.25, -0.2) is 0 Å². The van der Waals surface area contributed by atoms with Gasteiger partial charge in [-0.1, -0.05) is 40.5 Å².